The quantitative estimate of drug-likeness (QED) is 0.638. The monoisotopic (exact) mass is 226 g/mol. The smallest absolute Gasteiger partial charge is 0.322 e. The van der Waals surface area contributed by atoms with E-state index in [2.05, 4.69) is 4.72 Å². The van der Waals surface area contributed by atoms with Gasteiger partial charge >= 0.3 is 5.97 Å². The van der Waals surface area contributed by atoms with E-state index in [1.165, 1.54) is 18.8 Å². The average molecular weight is 226 g/mol. The second kappa shape index (κ2) is 3.82. The molecule has 0 aromatic rings. The molecule has 2 N–H and O–H groups in total. The molecule has 0 radical (unpaired) electrons. The molecule has 0 aliphatic carbocycles. The maximum atomic E-state index is 11.3. The van der Waals surface area contributed by atoms with Crippen molar-refractivity contribution in [3.63, 3.8) is 0 Å². The van der Waals surface area contributed by atoms with E-state index in [1.807, 2.05) is 0 Å². The van der Waals surface area contributed by atoms with Crippen molar-refractivity contribution in [2.75, 3.05) is 18.7 Å². The van der Waals surface area contributed by atoms with Crippen LogP contribution in [0.1, 0.15) is 0 Å². The molecule has 1 aliphatic heterocycles. The summed E-state index contributed by atoms with van der Waals surface area (Å²) >= 11 is 1.29. The molecule has 8 heteroatoms. The van der Waals surface area contributed by atoms with Crippen LogP contribution < -0.4 is 4.72 Å². The second-order valence-electron chi connectivity index (χ2n) is 2.45. The Labute approximate surface area is 80.5 Å². The molecule has 1 fully saturated rings. The van der Waals surface area contributed by atoms with Crippen LogP contribution in [0.5, 0.6) is 0 Å². The normalized spacial score (nSPS) is 24.8. The highest BCUT2D eigenvalue weighted by atomic mass is 32.2. The molecule has 0 saturated carbocycles. The Bertz CT molecular complexity index is 302. The molecule has 1 saturated heterocycles. The molecule has 1 aliphatic rings. The third-order valence-electron chi connectivity index (χ3n) is 1.69. The van der Waals surface area contributed by atoms with Crippen LogP contribution in [0.15, 0.2) is 0 Å². The molecule has 6 nitrogen and oxygen atoms in total. The number of nitrogens with zero attached hydrogens (tertiary/aromatic N) is 1. The molecule has 13 heavy (non-hydrogen) atoms. The van der Waals surface area contributed by atoms with E-state index in [9.17, 15) is 13.2 Å². The summed E-state index contributed by atoms with van der Waals surface area (Å²) in [5.74, 6) is -0.611. The van der Waals surface area contributed by atoms with E-state index >= 15 is 0 Å². The Hall–Kier alpha value is -0.310. The highest BCUT2D eigenvalue weighted by Crippen LogP contribution is 2.23. The van der Waals surface area contributed by atoms with Gasteiger partial charge in [0, 0.05) is 12.8 Å². The highest BCUT2D eigenvalue weighted by molar-refractivity contribution is 8.00. The van der Waals surface area contributed by atoms with E-state index in [0.29, 0.717) is 5.75 Å². The van der Waals surface area contributed by atoms with Crippen molar-refractivity contribution >= 4 is 27.9 Å². The van der Waals surface area contributed by atoms with Gasteiger partial charge in [-0.25, -0.2) is 4.72 Å². The summed E-state index contributed by atoms with van der Waals surface area (Å²) in [5.41, 5.74) is 0. The average Bonchev–Trinajstić information content (AvgIpc) is 2.52. The molecule has 76 valence electrons. The molecule has 1 rings (SSSR count). The molecule has 0 bridgehead atoms. The zero-order valence-electron chi connectivity index (χ0n) is 6.93. The predicted molar refractivity (Wildman–Crippen MR) is 48.6 cm³/mol. The summed E-state index contributed by atoms with van der Waals surface area (Å²) in [6.07, 6.45) is 0. The molecule has 0 aromatic heterocycles. The van der Waals surface area contributed by atoms with Gasteiger partial charge < -0.3 is 5.11 Å². The maximum Gasteiger partial charge on any atom is 0.322 e. The lowest BCUT2D eigenvalue weighted by Crippen LogP contribution is -2.46. The summed E-state index contributed by atoms with van der Waals surface area (Å²) in [6.45, 7) is 0. The second-order valence-corrected chi connectivity index (χ2v) is 5.28. The summed E-state index contributed by atoms with van der Waals surface area (Å²) in [6, 6.07) is -0.942. The topological polar surface area (TPSA) is 86.7 Å². The van der Waals surface area contributed by atoms with Crippen molar-refractivity contribution in [2.45, 2.75) is 6.04 Å². The zero-order valence-corrected chi connectivity index (χ0v) is 8.56. The largest absolute Gasteiger partial charge is 0.480 e. The minimum Gasteiger partial charge on any atom is -0.480 e. The van der Waals surface area contributed by atoms with Crippen molar-refractivity contribution in [1.82, 2.24) is 9.03 Å². The number of aliphatic carboxylic acids is 1. The molecule has 0 amide bonds. The fourth-order valence-corrected chi connectivity index (χ4v) is 3.59. The van der Waals surface area contributed by atoms with Crippen LogP contribution in [0.2, 0.25) is 0 Å². The predicted octanol–water partition coefficient (Wildman–Crippen LogP) is -1.09. The Morgan fingerprint density at radius 3 is 2.77 bits per heavy atom. The van der Waals surface area contributed by atoms with Gasteiger partial charge in [-0.15, -0.1) is 11.8 Å². The van der Waals surface area contributed by atoms with Gasteiger partial charge in [-0.3, -0.25) is 4.79 Å². The fraction of sp³-hybridized carbons (Fsp3) is 0.800. The van der Waals surface area contributed by atoms with Gasteiger partial charge in [0.15, 0.2) is 0 Å². The van der Waals surface area contributed by atoms with Gasteiger partial charge in [0.2, 0.25) is 0 Å². The molecule has 0 spiro atoms. The number of rotatable bonds is 3. The Morgan fingerprint density at radius 1 is 1.69 bits per heavy atom. The molecular formula is C5H10N2O4S2. The van der Waals surface area contributed by atoms with E-state index in [0.717, 1.165) is 4.31 Å². The Morgan fingerprint density at radius 2 is 2.31 bits per heavy atom. The SMILES string of the molecule is CNS(=O)(=O)N1CSC[C@H]1C(=O)O. The van der Waals surface area contributed by atoms with E-state index in [4.69, 9.17) is 5.11 Å². The number of carbonyl (C=O) groups is 1. The minimum atomic E-state index is -3.61. The zero-order chi connectivity index (χ0) is 10.1. The van der Waals surface area contributed by atoms with Crippen molar-refractivity contribution in [3.8, 4) is 0 Å². The van der Waals surface area contributed by atoms with Crippen LogP contribution in [0.3, 0.4) is 0 Å². The van der Waals surface area contributed by atoms with Crippen LogP contribution >= 0.6 is 11.8 Å². The van der Waals surface area contributed by atoms with Crippen LogP contribution in [0.25, 0.3) is 0 Å². The van der Waals surface area contributed by atoms with Crippen molar-refractivity contribution in [1.29, 1.82) is 0 Å². The molecule has 1 heterocycles. The molecule has 0 aromatic carbocycles. The van der Waals surface area contributed by atoms with Crippen molar-refractivity contribution in [3.05, 3.63) is 0 Å². The maximum absolute atomic E-state index is 11.3. The molecular weight excluding hydrogens is 216 g/mol. The van der Waals surface area contributed by atoms with Crippen LogP contribution in [-0.4, -0.2) is 48.5 Å². The third-order valence-corrected chi connectivity index (χ3v) is 4.39. The van der Waals surface area contributed by atoms with Gasteiger partial charge in [0.25, 0.3) is 10.2 Å². The minimum absolute atomic E-state index is 0.195. The van der Waals surface area contributed by atoms with Gasteiger partial charge in [-0.2, -0.15) is 12.7 Å². The van der Waals surface area contributed by atoms with Gasteiger partial charge in [0.05, 0.1) is 5.88 Å². The first-order chi connectivity index (χ1) is 5.99. The first-order valence-electron chi connectivity index (χ1n) is 3.50. The number of hydrogen-bond acceptors (Lipinski definition) is 4. The standard InChI is InChI=1S/C5H10N2O4S2/c1-6-13(10,11)7-3-12-2-4(7)5(8)9/h4,6H,2-3H2,1H3,(H,8,9)/t4-/m0/s1. The fourth-order valence-electron chi connectivity index (χ4n) is 0.976. The third kappa shape index (κ3) is 2.13. The molecule has 0 unspecified atom stereocenters. The number of hydrogen-bond donors (Lipinski definition) is 2. The van der Waals surface area contributed by atoms with Crippen molar-refractivity contribution < 1.29 is 18.3 Å². The highest BCUT2D eigenvalue weighted by Gasteiger charge is 2.38. The number of carboxylic acids is 1. The lowest BCUT2D eigenvalue weighted by Gasteiger charge is -2.18. The lowest BCUT2D eigenvalue weighted by atomic mass is 10.4. The van der Waals surface area contributed by atoms with Crippen LogP contribution in [0, 0.1) is 0 Å². The molecule has 1 atom stereocenters. The first-order valence-corrected chi connectivity index (χ1v) is 6.09. The number of thioether (sulfide) groups is 1. The van der Waals surface area contributed by atoms with E-state index in [1.54, 1.807) is 0 Å². The van der Waals surface area contributed by atoms with Gasteiger partial charge in [-0.1, -0.05) is 0 Å². The Kier molecular flexibility index (Phi) is 3.17. The van der Waals surface area contributed by atoms with Gasteiger partial charge in [-0.05, 0) is 0 Å². The summed E-state index contributed by atoms with van der Waals surface area (Å²) in [4.78, 5) is 10.6. The lowest BCUT2D eigenvalue weighted by molar-refractivity contribution is -0.140. The van der Waals surface area contributed by atoms with Crippen LogP contribution in [-0.2, 0) is 15.0 Å². The number of nitrogens with one attached hydrogen (secondary N) is 1. The van der Waals surface area contributed by atoms with Crippen molar-refractivity contribution in [2.24, 2.45) is 0 Å². The number of carboxylic acid groups (broad SMARTS) is 1. The Balaban J connectivity index is 2.86. The summed E-state index contributed by atoms with van der Waals surface area (Å²) < 4.78 is 25.5. The summed E-state index contributed by atoms with van der Waals surface area (Å²) in [5, 5.41) is 8.70. The van der Waals surface area contributed by atoms with Crippen LogP contribution in [0.4, 0.5) is 0 Å². The first kappa shape index (κ1) is 10.8. The van der Waals surface area contributed by atoms with E-state index < -0.39 is 22.2 Å². The van der Waals surface area contributed by atoms with Gasteiger partial charge in [0.1, 0.15) is 6.04 Å². The summed E-state index contributed by atoms with van der Waals surface area (Å²) in [7, 11) is -2.35. The van der Waals surface area contributed by atoms with E-state index in [-0.39, 0.29) is 5.88 Å².